The molecule has 0 bridgehead atoms. The van der Waals surface area contributed by atoms with Crippen LogP contribution in [-0.2, 0) is 10.0 Å². The number of likely N-dealkylation sites (N-methyl/N-ethyl adjacent to an activating group) is 2. The van der Waals surface area contributed by atoms with Gasteiger partial charge in [0.1, 0.15) is 0 Å². The van der Waals surface area contributed by atoms with E-state index in [1.807, 2.05) is 7.05 Å². The van der Waals surface area contributed by atoms with Crippen molar-refractivity contribution in [1.82, 2.24) is 14.5 Å². The van der Waals surface area contributed by atoms with Gasteiger partial charge in [-0.1, -0.05) is 0 Å². The summed E-state index contributed by atoms with van der Waals surface area (Å²) in [5, 5.41) is 2.97. The Bertz CT molecular complexity index is 319. The van der Waals surface area contributed by atoms with E-state index in [2.05, 4.69) is 17.3 Å². The molecule has 1 aliphatic heterocycles. The fraction of sp³-hybridized carbons (Fsp3) is 1.00. The monoisotopic (exact) mass is 263 g/mol. The van der Waals surface area contributed by atoms with Crippen LogP contribution in [0.5, 0.6) is 0 Å². The van der Waals surface area contributed by atoms with Gasteiger partial charge in [-0.05, 0) is 46.4 Å². The maximum Gasteiger partial charge on any atom is 0.213 e. The molecule has 1 saturated heterocycles. The third kappa shape index (κ3) is 4.54. The Morgan fingerprint density at radius 2 is 2.18 bits per heavy atom. The molecule has 17 heavy (non-hydrogen) atoms. The van der Waals surface area contributed by atoms with Crippen molar-refractivity contribution in [3.63, 3.8) is 0 Å². The smallest absolute Gasteiger partial charge is 0.213 e. The average Bonchev–Trinajstić information content (AvgIpc) is 2.64. The molecule has 1 rings (SSSR count). The van der Waals surface area contributed by atoms with Crippen LogP contribution in [0.25, 0.3) is 0 Å². The minimum Gasteiger partial charge on any atom is -0.320 e. The van der Waals surface area contributed by atoms with Gasteiger partial charge >= 0.3 is 0 Å². The summed E-state index contributed by atoms with van der Waals surface area (Å²) < 4.78 is 25.5. The van der Waals surface area contributed by atoms with Gasteiger partial charge in [-0.3, -0.25) is 0 Å². The second-order valence-corrected chi connectivity index (χ2v) is 7.03. The molecule has 5 nitrogen and oxygen atoms in total. The Balaban J connectivity index is 2.42. The highest BCUT2D eigenvalue weighted by molar-refractivity contribution is 7.89. The van der Waals surface area contributed by atoms with Crippen LogP contribution in [0.2, 0.25) is 0 Å². The molecule has 1 unspecified atom stereocenters. The highest BCUT2D eigenvalue weighted by atomic mass is 32.2. The number of hydrogen-bond donors (Lipinski definition) is 1. The first-order chi connectivity index (χ1) is 7.97. The zero-order chi connectivity index (χ0) is 12.9. The Morgan fingerprint density at radius 1 is 1.47 bits per heavy atom. The van der Waals surface area contributed by atoms with Crippen molar-refractivity contribution in [3.8, 4) is 0 Å². The fourth-order valence-corrected chi connectivity index (χ4v) is 3.43. The van der Waals surface area contributed by atoms with Crippen LogP contribution in [0.15, 0.2) is 0 Å². The number of nitrogens with one attached hydrogen (secondary N) is 1. The molecular weight excluding hydrogens is 238 g/mol. The zero-order valence-corrected chi connectivity index (χ0v) is 12.0. The molecule has 0 aromatic rings. The van der Waals surface area contributed by atoms with E-state index in [0.29, 0.717) is 19.0 Å². The maximum atomic E-state index is 12.0. The van der Waals surface area contributed by atoms with Crippen molar-refractivity contribution >= 4 is 10.0 Å². The molecule has 1 heterocycles. The predicted octanol–water partition coefficient (Wildman–Crippen LogP) is -0.0483. The normalized spacial score (nSPS) is 22.5. The number of rotatable bonds is 7. The summed E-state index contributed by atoms with van der Waals surface area (Å²) in [6, 6.07) is 0.388. The molecular formula is C11H25N3O2S. The van der Waals surface area contributed by atoms with E-state index < -0.39 is 10.0 Å². The van der Waals surface area contributed by atoms with Crippen molar-refractivity contribution < 1.29 is 8.42 Å². The fourth-order valence-electron chi connectivity index (χ4n) is 2.21. The Kier molecular flexibility index (Phi) is 5.85. The molecule has 1 atom stereocenters. The van der Waals surface area contributed by atoms with E-state index in [0.717, 1.165) is 19.5 Å². The van der Waals surface area contributed by atoms with Crippen molar-refractivity contribution in [2.45, 2.75) is 25.3 Å². The number of sulfonamides is 1. The molecule has 0 aromatic heterocycles. The lowest BCUT2D eigenvalue weighted by Crippen LogP contribution is -2.40. The molecule has 0 aliphatic carbocycles. The van der Waals surface area contributed by atoms with Crippen molar-refractivity contribution in [1.29, 1.82) is 0 Å². The summed E-state index contributed by atoms with van der Waals surface area (Å²) in [5.41, 5.74) is 0. The van der Waals surface area contributed by atoms with Gasteiger partial charge < -0.3 is 10.2 Å². The van der Waals surface area contributed by atoms with E-state index in [4.69, 9.17) is 0 Å². The van der Waals surface area contributed by atoms with E-state index in [1.165, 1.54) is 10.7 Å². The van der Waals surface area contributed by atoms with Crippen molar-refractivity contribution in [2.75, 3.05) is 46.5 Å². The molecule has 0 aromatic carbocycles. The lowest BCUT2D eigenvalue weighted by molar-refractivity contribution is 0.271. The van der Waals surface area contributed by atoms with Gasteiger partial charge in [-0.15, -0.1) is 0 Å². The highest BCUT2D eigenvalue weighted by Crippen LogP contribution is 2.16. The summed E-state index contributed by atoms with van der Waals surface area (Å²) in [5.74, 6) is 0.237. The third-order valence-corrected chi connectivity index (χ3v) is 5.35. The van der Waals surface area contributed by atoms with Crippen LogP contribution in [0.4, 0.5) is 0 Å². The number of nitrogens with zero attached hydrogens (tertiary/aromatic N) is 2. The number of likely N-dealkylation sites (tertiary alicyclic amines) is 1. The first-order valence-electron chi connectivity index (χ1n) is 6.26. The highest BCUT2D eigenvalue weighted by Gasteiger charge is 2.26. The summed E-state index contributed by atoms with van der Waals surface area (Å²) in [4.78, 5) is 2.25. The van der Waals surface area contributed by atoms with Crippen LogP contribution >= 0.6 is 0 Å². The van der Waals surface area contributed by atoms with Gasteiger partial charge in [-0.25, -0.2) is 12.7 Å². The summed E-state index contributed by atoms with van der Waals surface area (Å²) in [6.07, 6.45) is 2.95. The van der Waals surface area contributed by atoms with Gasteiger partial charge in [0.05, 0.1) is 5.75 Å². The molecule has 0 saturated carbocycles. The second kappa shape index (κ2) is 6.68. The number of hydrogen-bond acceptors (Lipinski definition) is 4. The van der Waals surface area contributed by atoms with Gasteiger partial charge in [0.2, 0.25) is 10.0 Å². The molecule has 1 fully saturated rings. The van der Waals surface area contributed by atoms with Crippen LogP contribution in [0.1, 0.15) is 19.3 Å². The van der Waals surface area contributed by atoms with Crippen LogP contribution in [0.3, 0.4) is 0 Å². The molecule has 0 amide bonds. The minimum absolute atomic E-state index is 0.237. The molecule has 1 aliphatic rings. The lowest BCUT2D eigenvalue weighted by Gasteiger charge is -2.25. The third-order valence-electron chi connectivity index (χ3n) is 3.44. The Labute approximate surface area is 105 Å². The summed E-state index contributed by atoms with van der Waals surface area (Å²) in [6.45, 7) is 2.45. The molecule has 102 valence electrons. The van der Waals surface area contributed by atoms with E-state index in [-0.39, 0.29) is 5.75 Å². The molecule has 0 spiro atoms. The molecule has 6 heteroatoms. The van der Waals surface area contributed by atoms with Gasteiger partial charge in [0.15, 0.2) is 0 Å². The van der Waals surface area contributed by atoms with Crippen LogP contribution in [0, 0.1) is 0 Å². The first-order valence-corrected chi connectivity index (χ1v) is 7.87. The van der Waals surface area contributed by atoms with Crippen LogP contribution in [-0.4, -0.2) is 70.2 Å². The summed E-state index contributed by atoms with van der Waals surface area (Å²) in [7, 11) is 2.52. The molecule has 1 N–H and O–H groups in total. The Morgan fingerprint density at radius 3 is 2.71 bits per heavy atom. The Hall–Kier alpha value is -0.170. The van der Waals surface area contributed by atoms with Crippen LogP contribution < -0.4 is 5.32 Å². The predicted molar refractivity (Wildman–Crippen MR) is 70.6 cm³/mol. The summed E-state index contributed by atoms with van der Waals surface area (Å²) >= 11 is 0. The SMILES string of the molecule is CNCCCS(=O)(=O)N(C)CC1CCCN1C. The minimum atomic E-state index is -3.08. The van der Waals surface area contributed by atoms with Gasteiger partial charge in [0.25, 0.3) is 0 Å². The van der Waals surface area contributed by atoms with Gasteiger partial charge in [0, 0.05) is 19.6 Å². The first kappa shape index (κ1) is 14.9. The van der Waals surface area contributed by atoms with E-state index >= 15 is 0 Å². The zero-order valence-electron chi connectivity index (χ0n) is 11.1. The van der Waals surface area contributed by atoms with E-state index in [9.17, 15) is 8.42 Å². The van der Waals surface area contributed by atoms with E-state index in [1.54, 1.807) is 7.05 Å². The molecule has 0 radical (unpaired) electrons. The average molecular weight is 263 g/mol. The van der Waals surface area contributed by atoms with Gasteiger partial charge in [-0.2, -0.15) is 0 Å². The largest absolute Gasteiger partial charge is 0.320 e. The maximum absolute atomic E-state index is 12.0. The second-order valence-electron chi connectivity index (χ2n) is 4.83. The standard InChI is InChI=1S/C11H25N3O2S/c1-12-7-5-9-17(15,16)14(3)10-11-6-4-8-13(11)2/h11-12H,4-10H2,1-3H3. The van der Waals surface area contributed by atoms with Crippen molar-refractivity contribution in [3.05, 3.63) is 0 Å². The topological polar surface area (TPSA) is 52.7 Å². The quantitative estimate of drug-likeness (QED) is 0.655. The lowest BCUT2D eigenvalue weighted by atomic mass is 10.2. The van der Waals surface area contributed by atoms with Crippen molar-refractivity contribution in [2.24, 2.45) is 0 Å².